The zero-order valence-electron chi connectivity index (χ0n) is 29.8. The van der Waals surface area contributed by atoms with Crippen LogP contribution in [0.25, 0.3) is 10.9 Å². The van der Waals surface area contributed by atoms with Gasteiger partial charge in [-0.1, -0.05) is 103 Å². The lowest BCUT2D eigenvalue weighted by Gasteiger charge is -2.25. The van der Waals surface area contributed by atoms with Gasteiger partial charge in [0.1, 0.15) is 19.0 Å². The highest BCUT2D eigenvalue weighted by molar-refractivity contribution is 5.87. The molecule has 6 rings (SSSR count). The molecule has 0 saturated heterocycles. The Morgan fingerprint density at radius 1 is 0.811 bits per heavy atom. The number of rotatable bonds is 13. The third-order valence-corrected chi connectivity index (χ3v) is 9.62. The van der Waals surface area contributed by atoms with Gasteiger partial charge in [-0.2, -0.15) is 0 Å². The Balaban J connectivity index is 1.11. The molecule has 0 spiro atoms. The number of ether oxygens (including phenoxy) is 2. The van der Waals surface area contributed by atoms with Crippen molar-refractivity contribution in [3.05, 3.63) is 150 Å². The number of hydrogen-bond donors (Lipinski definition) is 4. The monoisotopic (exact) mass is 713 g/mol. The molecule has 9 heteroatoms. The molecule has 53 heavy (non-hydrogen) atoms. The predicted octanol–water partition coefficient (Wildman–Crippen LogP) is 6.25. The summed E-state index contributed by atoms with van der Waals surface area (Å²) in [7, 11) is 0. The van der Waals surface area contributed by atoms with Crippen molar-refractivity contribution >= 4 is 28.7 Å². The molecular formula is C44H47N3O6. The van der Waals surface area contributed by atoms with Gasteiger partial charge in [-0.3, -0.25) is 14.4 Å². The molecule has 0 aliphatic carbocycles. The van der Waals surface area contributed by atoms with Gasteiger partial charge in [0.2, 0.25) is 11.8 Å². The summed E-state index contributed by atoms with van der Waals surface area (Å²) in [4.78, 5) is 43.9. The Labute approximate surface area is 310 Å². The van der Waals surface area contributed by atoms with Crippen molar-refractivity contribution in [2.45, 2.75) is 57.2 Å². The third kappa shape index (κ3) is 10.9. The van der Waals surface area contributed by atoms with Gasteiger partial charge < -0.3 is 30.2 Å². The second-order valence-corrected chi connectivity index (χ2v) is 13.7. The number of H-pyrrole nitrogens is 1. The van der Waals surface area contributed by atoms with E-state index < -0.39 is 23.9 Å². The smallest absolute Gasteiger partial charge is 0.309 e. The Kier molecular flexibility index (Phi) is 13.1. The molecular weight excluding hydrogens is 666 g/mol. The van der Waals surface area contributed by atoms with E-state index in [0.717, 1.165) is 38.9 Å². The topological polar surface area (TPSA) is 130 Å². The maximum atomic E-state index is 13.8. The van der Waals surface area contributed by atoms with Crippen LogP contribution in [0, 0.1) is 11.8 Å². The Bertz CT molecular complexity index is 1960. The van der Waals surface area contributed by atoms with Gasteiger partial charge in [0.25, 0.3) is 0 Å². The number of benzene rings is 4. The number of carbonyl (C=O) groups excluding carboxylic acids is 3. The van der Waals surface area contributed by atoms with E-state index in [1.54, 1.807) is 0 Å². The first-order chi connectivity index (χ1) is 25.9. The lowest BCUT2D eigenvalue weighted by Crippen LogP contribution is -2.46. The van der Waals surface area contributed by atoms with Crippen LogP contribution in [0.1, 0.15) is 41.5 Å². The molecule has 0 radical (unpaired) electrons. The first-order valence-corrected chi connectivity index (χ1v) is 18.3. The molecule has 4 atom stereocenters. The number of fused-ring (bicyclic) bond motifs is 1. The molecule has 0 saturated carbocycles. The van der Waals surface area contributed by atoms with Crippen molar-refractivity contribution < 1.29 is 29.0 Å². The number of aromatic nitrogens is 1. The molecule has 0 bridgehead atoms. The number of aliphatic hydroxyl groups excluding tert-OH is 1. The summed E-state index contributed by atoms with van der Waals surface area (Å²) in [5.41, 5.74) is 5.02. The van der Waals surface area contributed by atoms with Crippen LogP contribution in [0.3, 0.4) is 0 Å². The van der Waals surface area contributed by atoms with Crippen LogP contribution in [-0.2, 0) is 45.0 Å². The molecule has 4 N–H and O–H groups in total. The van der Waals surface area contributed by atoms with E-state index in [2.05, 4.69) is 15.6 Å². The lowest BCUT2D eigenvalue weighted by atomic mass is 9.94. The summed E-state index contributed by atoms with van der Waals surface area (Å²) in [6.45, 7) is 0.207. The molecule has 0 fully saturated rings. The van der Waals surface area contributed by atoms with Crippen molar-refractivity contribution in [2.75, 3.05) is 13.2 Å². The molecule has 1 aliphatic heterocycles. The standard InChI is InChI=1S/C44H47N3O6/c48-28-37(24-32-19-21-39(22-20-32)52-29-33-13-5-2-6-14-33)46-42(49)26-34-15-7-8-16-35(23-31-11-3-1-4-12-31)44(51)53-30-38(47-43(34)50)25-36-27-45-41-18-10-9-17-40(36)41/h1-14,17-22,27,34-35,37-38,45,48H,15-16,23-26,28-30H2,(H,46,49)(H,47,50)/t34-,35-,37+,38+/m1/s1. The van der Waals surface area contributed by atoms with Crippen molar-refractivity contribution in [3.8, 4) is 5.75 Å². The van der Waals surface area contributed by atoms with Crippen molar-refractivity contribution in [1.29, 1.82) is 0 Å². The number of aromatic amines is 1. The third-order valence-electron chi connectivity index (χ3n) is 9.62. The number of esters is 1. The van der Waals surface area contributed by atoms with E-state index >= 15 is 0 Å². The number of aliphatic hydroxyl groups is 1. The van der Waals surface area contributed by atoms with Gasteiger partial charge in [-0.05, 0) is 72.6 Å². The maximum Gasteiger partial charge on any atom is 0.309 e. The first kappa shape index (κ1) is 37.1. The van der Waals surface area contributed by atoms with Gasteiger partial charge >= 0.3 is 5.97 Å². The average Bonchev–Trinajstić information content (AvgIpc) is 3.59. The fourth-order valence-electron chi connectivity index (χ4n) is 6.72. The van der Waals surface area contributed by atoms with E-state index in [4.69, 9.17) is 9.47 Å². The fraction of sp³-hybridized carbons (Fsp3) is 0.295. The number of hydrogen-bond acceptors (Lipinski definition) is 6. The first-order valence-electron chi connectivity index (χ1n) is 18.3. The molecule has 2 heterocycles. The Morgan fingerprint density at radius 3 is 2.23 bits per heavy atom. The number of para-hydroxylation sites is 1. The van der Waals surface area contributed by atoms with Gasteiger partial charge in [0.05, 0.1) is 30.5 Å². The average molecular weight is 714 g/mol. The number of nitrogens with one attached hydrogen (secondary N) is 3. The molecule has 1 aliphatic rings. The molecule has 4 aromatic carbocycles. The second-order valence-electron chi connectivity index (χ2n) is 13.7. The van der Waals surface area contributed by atoms with Gasteiger partial charge in [-0.25, -0.2) is 0 Å². The summed E-state index contributed by atoms with van der Waals surface area (Å²) in [6.07, 6.45) is 7.78. The maximum absolute atomic E-state index is 13.8. The Morgan fingerprint density at radius 2 is 1.49 bits per heavy atom. The molecule has 5 aromatic rings. The minimum Gasteiger partial charge on any atom is -0.489 e. The van der Waals surface area contributed by atoms with Gasteiger partial charge in [0, 0.05) is 23.5 Å². The Hall–Kier alpha value is -5.67. The normalized spacial score (nSPS) is 18.6. The highest BCUT2D eigenvalue weighted by Crippen LogP contribution is 2.22. The van der Waals surface area contributed by atoms with Crippen LogP contribution in [0.5, 0.6) is 5.75 Å². The summed E-state index contributed by atoms with van der Waals surface area (Å²) in [6, 6.07) is 34.3. The number of carbonyl (C=O) groups is 3. The lowest BCUT2D eigenvalue weighted by molar-refractivity contribution is -0.150. The van der Waals surface area contributed by atoms with Crippen LogP contribution >= 0.6 is 0 Å². The molecule has 274 valence electrons. The zero-order valence-corrected chi connectivity index (χ0v) is 29.8. The minimum absolute atomic E-state index is 0.000667. The quantitative estimate of drug-likeness (QED) is 0.0844. The van der Waals surface area contributed by atoms with Crippen molar-refractivity contribution in [3.63, 3.8) is 0 Å². The number of cyclic esters (lactones) is 1. The van der Waals surface area contributed by atoms with Crippen LogP contribution in [0.4, 0.5) is 0 Å². The fourth-order valence-corrected chi connectivity index (χ4v) is 6.72. The van der Waals surface area contributed by atoms with E-state index in [9.17, 15) is 19.5 Å². The van der Waals surface area contributed by atoms with Crippen LogP contribution < -0.4 is 15.4 Å². The number of allylic oxidation sites excluding steroid dienone is 2. The van der Waals surface area contributed by atoms with Crippen molar-refractivity contribution in [1.82, 2.24) is 15.6 Å². The highest BCUT2D eigenvalue weighted by atomic mass is 16.5. The molecule has 0 unspecified atom stereocenters. The SMILES string of the molecule is O=C(C[C@H]1CC=CC[C@H](Cc2ccccc2)C(=O)OC[C@H](Cc2c[nH]c3ccccc23)NC1=O)N[C@H](CO)Cc1ccc(OCc2ccccc2)cc1. The largest absolute Gasteiger partial charge is 0.489 e. The van der Waals surface area contributed by atoms with E-state index in [0.29, 0.717) is 38.7 Å². The van der Waals surface area contributed by atoms with Crippen LogP contribution in [0.2, 0.25) is 0 Å². The number of amides is 2. The summed E-state index contributed by atoms with van der Waals surface area (Å²) in [5.74, 6) is -1.26. The van der Waals surface area contributed by atoms with E-state index in [1.807, 2.05) is 128 Å². The van der Waals surface area contributed by atoms with E-state index in [1.165, 1.54) is 0 Å². The summed E-state index contributed by atoms with van der Waals surface area (Å²) in [5, 5.41) is 17.3. The second kappa shape index (κ2) is 18.7. The molecule has 2 amide bonds. The van der Waals surface area contributed by atoms with Gasteiger partial charge in [0.15, 0.2) is 0 Å². The van der Waals surface area contributed by atoms with Crippen molar-refractivity contribution in [2.24, 2.45) is 11.8 Å². The molecule has 1 aromatic heterocycles. The van der Waals surface area contributed by atoms with E-state index in [-0.39, 0.29) is 37.4 Å². The minimum atomic E-state index is -0.667. The van der Waals surface area contributed by atoms with Crippen LogP contribution in [0.15, 0.2) is 128 Å². The zero-order chi connectivity index (χ0) is 36.8. The van der Waals surface area contributed by atoms with Gasteiger partial charge in [-0.15, -0.1) is 0 Å². The summed E-state index contributed by atoms with van der Waals surface area (Å²) < 4.78 is 11.8. The summed E-state index contributed by atoms with van der Waals surface area (Å²) >= 11 is 0. The van der Waals surface area contributed by atoms with Crippen LogP contribution in [-0.4, -0.2) is 53.2 Å². The molecule has 9 nitrogen and oxygen atoms in total. The highest BCUT2D eigenvalue weighted by Gasteiger charge is 2.28. The predicted molar refractivity (Wildman–Crippen MR) is 205 cm³/mol.